The van der Waals surface area contributed by atoms with Crippen LogP contribution < -0.4 is 10.2 Å². The van der Waals surface area contributed by atoms with Crippen LogP contribution in [0.15, 0.2) is 18.3 Å². The van der Waals surface area contributed by atoms with Crippen molar-refractivity contribution in [3.63, 3.8) is 0 Å². The molecule has 0 aromatic carbocycles. The lowest BCUT2D eigenvalue weighted by Gasteiger charge is -2.25. The van der Waals surface area contributed by atoms with Crippen LogP contribution in [-0.2, 0) is 6.54 Å². The third-order valence-corrected chi connectivity index (χ3v) is 3.75. The fourth-order valence-electron chi connectivity index (χ4n) is 2.32. The van der Waals surface area contributed by atoms with Crippen LogP contribution in [0.2, 0.25) is 0 Å². The molecule has 1 saturated carbocycles. The quantitative estimate of drug-likeness (QED) is 0.786. The maximum absolute atomic E-state index is 4.60. The predicted molar refractivity (Wildman–Crippen MR) is 86.0 cm³/mol. The second-order valence-electron chi connectivity index (χ2n) is 6.66. The SMILES string of the molecule is CC(C)CCN(c1cc(CNC(C)C)ccn1)C1CC1. The first-order chi connectivity index (χ1) is 9.56. The summed E-state index contributed by atoms with van der Waals surface area (Å²) in [7, 11) is 0. The van der Waals surface area contributed by atoms with Crippen LogP contribution in [0.25, 0.3) is 0 Å². The second kappa shape index (κ2) is 7.07. The monoisotopic (exact) mass is 275 g/mol. The van der Waals surface area contributed by atoms with Gasteiger partial charge in [0.15, 0.2) is 0 Å². The van der Waals surface area contributed by atoms with Crippen molar-refractivity contribution >= 4 is 5.82 Å². The van der Waals surface area contributed by atoms with Gasteiger partial charge < -0.3 is 10.2 Å². The van der Waals surface area contributed by atoms with Gasteiger partial charge in [-0.05, 0) is 42.9 Å². The van der Waals surface area contributed by atoms with Crippen LogP contribution in [0.5, 0.6) is 0 Å². The van der Waals surface area contributed by atoms with Crippen molar-refractivity contribution in [1.29, 1.82) is 0 Å². The topological polar surface area (TPSA) is 28.2 Å². The van der Waals surface area contributed by atoms with Gasteiger partial charge >= 0.3 is 0 Å². The Balaban J connectivity index is 2.02. The van der Waals surface area contributed by atoms with E-state index in [1.165, 1.54) is 24.8 Å². The maximum Gasteiger partial charge on any atom is 0.129 e. The molecule has 112 valence electrons. The summed E-state index contributed by atoms with van der Waals surface area (Å²) in [4.78, 5) is 7.12. The van der Waals surface area contributed by atoms with Crippen LogP contribution in [0.3, 0.4) is 0 Å². The Morgan fingerprint density at radius 1 is 1.30 bits per heavy atom. The minimum Gasteiger partial charge on any atom is -0.354 e. The van der Waals surface area contributed by atoms with Gasteiger partial charge in [0.05, 0.1) is 0 Å². The lowest BCUT2D eigenvalue weighted by Crippen LogP contribution is -2.29. The molecule has 1 aliphatic rings. The molecule has 0 bridgehead atoms. The largest absolute Gasteiger partial charge is 0.354 e. The van der Waals surface area contributed by atoms with Crippen molar-refractivity contribution in [3.05, 3.63) is 23.9 Å². The smallest absolute Gasteiger partial charge is 0.129 e. The molecule has 0 aliphatic heterocycles. The minimum absolute atomic E-state index is 0.520. The van der Waals surface area contributed by atoms with Crippen molar-refractivity contribution < 1.29 is 0 Å². The van der Waals surface area contributed by atoms with Gasteiger partial charge in [0, 0.05) is 31.4 Å². The normalized spacial score (nSPS) is 15.1. The highest BCUT2D eigenvalue weighted by molar-refractivity contribution is 5.43. The van der Waals surface area contributed by atoms with Gasteiger partial charge in [-0.25, -0.2) is 4.98 Å². The zero-order valence-electron chi connectivity index (χ0n) is 13.4. The number of nitrogens with zero attached hydrogens (tertiary/aromatic N) is 2. The number of hydrogen-bond acceptors (Lipinski definition) is 3. The summed E-state index contributed by atoms with van der Waals surface area (Å²) in [6, 6.07) is 5.63. The lowest BCUT2D eigenvalue weighted by atomic mass is 10.1. The highest BCUT2D eigenvalue weighted by Crippen LogP contribution is 2.31. The Morgan fingerprint density at radius 2 is 2.05 bits per heavy atom. The number of aromatic nitrogens is 1. The molecule has 1 aromatic rings. The molecule has 0 saturated heterocycles. The predicted octanol–water partition coefficient (Wildman–Crippen LogP) is 3.59. The van der Waals surface area contributed by atoms with Gasteiger partial charge in [-0.1, -0.05) is 27.7 Å². The summed E-state index contributed by atoms with van der Waals surface area (Å²) in [5.74, 6) is 1.92. The van der Waals surface area contributed by atoms with Crippen LogP contribution in [0.1, 0.15) is 52.5 Å². The van der Waals surface area contributed by atoms with E-state index in [9.17, 15) is 0 Å². The third kappa shape index (κ3) is 4.78. The van der Waals surface area contributed by atoms with Gasteiger partial charge in [0.1, 0.15) is 5.82 Å². The number of anilines is 1. The Kier molecular flexibility index (Phi) is 5.41. The third-order valence-electron chi connectivity index (χ3n) is 3.75. The average molecular weight is 275 g/mol. The highest BCUT2D eigenvalue weighted by Gasteiger charge is 2.29. The molecule has 0 radical (unpaired) electrons. The van der Waals surface area contributed by atoms with E-state index in [-0.39, 0.29) is 0 Å². The fourth-order valence-corrected chi connectivity index (χ4v) is 2.32. The van der Waals surface area contributed by atoms with E-state index in [1.54, 1.807) is 0 Å². The van der Waals surface area contributed by atoms with Crippen molar-refractivity contribution in [2.75, 3.05) is 11.4 Å². The van der Waals surface area contributed by atoms with Crippen LogP contribution in [0, 0.1) is 5.92 Å². The van der Waals surface area contributed by atoms with Crippen molar-refractivity contribution in [2.24, 2.45) is 5.92 Å². The molecule has 1 aromatic heterocycles. The molecule has 1 N–H and O–H groups in total. The molecule has 0 atom stereocenters. The number of nitrogens with one attached hydrogen (secondary N) is 1. The lowest BCUT2D eigenvalue weighted by molar-refractivity contribution is 0.567. The summed E-state index contributed by atoms with van der Waals surface area (Å²) in [6.07, 6.45) is 5.85. The molecule has 0 amide bonds. The van der Waals surface area contributed by atoms with Gasteiger partial charge in [-0.15, -0.1) is 0 Å². The van der Waals surface area contributed by atoms with E-state index < -0.39 is 0 Å². The van der Waals surface area contributed by atoms with Gasteiger partial charge in [-0.3, -0.25) is 0 Å². The molecular weight excluding hydrogens is 246 g/mol. The Morgan fingerprint density at radius 3 is 2.65 bits per heavy atom. The van der Waals surface area contributed by atoms with Crippen LogP contribution >= 0.6 is 0 Å². The highest BCUT2D eigenvalue weighted by atomic mass is 15.2. The zero-order valence-corrected chi connectivity index (χ0v) is 13.4. The second-order valence-corrected chi connectivity index (χ2v) is 6.66. The maximum atomic E-state index is 4.60. The van der Waals surface area contributed by atoms with E-state index in [4.69, 9.17) is 0 Å². The zero-order chi connectivity index (χ0) is 14.5. The summed E-state index contributed by atoms with van der Waals surface area (Å²) in [6.45, 7) is 11.0. The van der Waals surface area contributed by atoms with Crippen molar-refractivity contribution in [3.8, 4) is 0 Å². The van der Waals surface area contributed by atoms with Crippen molar-refractivity contribution in [1.82, 2.24) is 10.3 Å². The van der Waals surface area contributed by atoms with E-state index in [1.807, 2.05) is 6.20 Å². The molecular formula is C17H29N3. The first-order valence-electron chi connectivity index (χ1n) is 8.01. The van der Waals surface area contributed by atoms with Gasteiger partial charge in [0.2, 0.25) is 0 Å². The summed E-state index contributed by atoms with van der Waals surface area (Å²) < 4.78 is 0. The van der Waals surface area contributed by atoms with Gasteiger partial charge in [0.25, 0.3) is 0 Å². The van der Waals surface area contributed by atoms with E-state index in [0.717, 1.165) is 30.9 Å². The van der Waals surface area contributed by atoms with Crippen LogP contribution in [0.4, 0.5) is 5.82 Å². The standard InChI is InChI=1S/C17H29N3/c1-13(2)8-10-20(16-5-6-16)17-11-15(7-9-18-17)12-19-14(3)4/h7,9,11,13-14,16,19H,5-6,8,10,12H2,1-4H3. The Labute approximate surface area is 123 Å². The molecule has 3 nitrogen and oxygen atoms in total. The molecule has 20 heavy (non-hydrogen) atoms. The first-order valence-corrected chi connectivity index (χ1v) is 8.01. The van der Waals surface area contributed by atoms with E-state index >= 15 is 0 Å². The summed E-state index contributed by atoms with van der Waals surface area (Å²) in [5.41, 5.74) is 1.33. The van der Waals surface area contributed by atoms with Crippen LogP contribution in [-0.4, -0.2) is 23.6 Å². The summed E-state index contributed by atoms with van der Waals surface area (Å²) >= 11 is 0. The molecule has 1 fully saturated rings. The molecule has 2 rings (SSSR count). The van der Waals surface area contributed by atoms with Crippen molar-refractivity contribution in [2.45, 2.75) is 65.6 Å². The number of rotatable bonds is 8. The number of hydrogen-bond donors (Lipinski definition) is 1. The van der Waals surface area contributed by atoms with Gasteiger partial charge in [-0.2, -0.15) is 0 Å². The number of pyridine rings is 1. The Bertz CT molecular complexity index is 410. The fraction of sp³-hybridized carbons (Fsp3) is 0.706. The molecule has 1 heterocycles. The molecule has 3 heteroatoms. The molecule has 0 unspecified atom stereocenters. The van der Waals surface area contributed by atoms with E-state index in [0.29, 0.717) is 6.04 Å². The molecule has 1 aliphatic carbocycles. The minimum atomic E-state index is 0.520. The van der Waals surface area contributed by atoms with E-state index in [2.05, 4.69) is 55.0 Å². The summed E-state index contributed by atoms with van der Waals surface area (Å²) in [5, 5.41) is 3.48. The average Bonchev–Trinajstić information content (AvgIpc) is 3.21. The molecule has 0 spiro atoms. The Hall–Kier alpha value is -1.09. The first kappa shape index (κ1) is 15.3.